The first-order valence-electron chi connectivity index (χ1n) is 8.31. The van der Waals surface area contributed by atoms with E-state index in [1.807, 2.05) is 6.07 Å². The molecule has 5 nitrogen and oxygen atoms in total. The van der Waals surface area contributed by atoms with Gasteiger partial charge in [0, 0.05) is 30.8 Å². The number of nitrogens with one attached hydrogen (secondary N) is 2. The number of hydrogen-bond donors (Lipinski definition) is 2. The molecule has 0 atom stereocenters. The highest BCUT2D eigenvalue weighted by atomic mass is 19.4. The molecule has 1 aromatic carbocycles. The van der Waals surface area contributed by atoms with E-state index < -0.39 is 17.6 Å². The van der Waals surface area contributed by atoms with Crippen LogP contribution in [0.5, 0.6) is 0 Å². The van der Waals surface area contributed by atoms with Crippen LogP contribution in [-0.4, -0.2) is 29.0 Å². The molecule has 0 saturated heterocycles. The van der Waals surface area contributed by atoms with Crippen molar-refractivity contribution >= 4 is 11.7 Å². The number of carbonyl (C=O) groups is 1. The van der Waals surface area contributed by atoms with Crippen LogP contribution in [0.1, 0.15) is 35.6 Å². The van der Waals surface area contributed by atoms with Gasteiger partial charge in [-0.3, -0.25) is 4.79 Å². The van der Waals surface area contributed by atoms with Gasteiger partial charge in [-0.15, -0.1) is 0 Å². The number of halogens is 3. The van der Waals surface area contributed by atoms with Crippen LogP contribution in [0.25, 0.3) is 0 Å². The highest BCUT2D eigenvalue weighted by molar-refractivity contribution is 5.79. The first-order valence-corrected chi connectivity index (χ1v) is 8.31. The Balaban J connectivity index is 1.55. The predicted octanol–water partition coefficient (Wildman–Crippen LogP) is 3.14. The number of alkyl halides is 3. The van der Waals surface area contributed by atoms with Gasteiger partial charge in [0.05, 0.1) is 12.0 Å². The second kappa shape index (κ2) is 7.31. The quantitative estimate of drug-likeness (QED) is 0.855. The zero-order valence-corrected chi connectivity index (χ0v) is 14.2. The largest absolute Gasteiger partial charge is 0.416 e. The molecule has 1 heterocycles. The van der Waals surface area contributed by atoms with Crippen LogP contribution in [0, 0.1) is 0 Å². The van der Waals surface area contributed by atoms with Gasteiger partial charge in [0.15, 0.2) is 0 Å². The van der Waals surface area contributed by atoms with E-state index in [0.717, 1.165) is 17.6 Å². The van der Waals surface area contributed by atoms with Gasteiger partial charge in [-0.2, -0.15) is 13.2 Å². The Kier molecular flexibility index (Phi) is 5.11. The average Bonchev–Trinajstić information content (AvgIpc) is 2.57. The monoisotopic (exact) mass is 364 g/mol. The average molecular weight is 364 g/mol. The Hall–Kier alpha value is -2.64. The van der Waals surface area contributed by atoms with Crippen LogP contribution in [0.2, 0.25) is 0 Å². The van der Waals surface area contributed by atoms with E-state index in [1.165, 1.54) is 24.5 Å². The molecule has 1 amide bonds. The molecule has 1 aliphatic carbocycles. The Labute approximate surface area is 149 Å². The lowest BCUT2D eigenvalue weighted by atomic mass is 9.78. The molecule has 0 unspecified atom stereocenters. The molecule has 1 aromatic heterocycles. The molecule has 1 aliphatic rings. The molecule has 0 aliphatic heterocycles. The van der Waals surface area contributed by atoms with E-state index >= 15 is 0 Å². The fraction of sp³-hybridized carbons (Fsp3) is 0.389. The minimum atomic E-state index is -4.46. The van der Waals surface area contributed by atoms with E-state index in [-0.39, 0.29) is 23.9 Å². The van der Waals surface area contributed by atoms with E-state index in [4.69, 9.17) is 0 Å². The van der Waals surface area contributed by atoms with Crippen molar-refractivity contribution in [3.8, 4) is 0 Å². The van der Waals surface area contributed by atoms with Gasteiger partial charge < -0.3 is 10.6 Å². The van der Waals surface area contributed by atoms with Crippen molar-refractivity contribution in [2.75, 3.05) is 12.4 Å². The molecular weight excluding hydrogens is 345 g/mol. The predicted molar refractivity (Wildman–Crippen MR) is 90.6 cm³/mol. The second-order valence-electron chi connectivity index (χ2n) is 6.34. The molecule has 0 bridgehead atoms. The molecule has 138 valence electrons. The maximum Gasteiger partial charge on any atom is 0.416 e. The number of amides is 1. The van der Waals surface area contributed by atoms with Crippen LogP contribution in [0.4, 0.5) is 19.0 Å². The van der Waals surface area contributed by atoms with Gasteiger partial charge in [-0.05, 0) is 24.5 Å². The van der Waals surface area contributed by atoms with Gasteiger partial charge in [0.25, 0.3) is 0 Å². The van der Waals surface area contributed by atoms with Gasteiger partial charge in [0.2, 0.25) is 5.91 Å². The van der Waals surface area contributed by atoms with Crippen molar-refractivity contribution in [3.63, 3.8) is 0 Å². The van der Waals surface area contributed by atoms with Crippen LogP contribution < -0.4 is 10.6 Å². The number of hydrogen-bond acceptors (Lipinski definition) is 4. The summed E-state index contributed by atoms with van der Waals surface area (Å²) in [5, 5.41) is 5.75. The number of benzene rings is 1. The normalized spacial score (nSPS) is 19.5. The van der Waals surface area contributed by atoms with Crippen LogP contribution in [0.15, 0.2) is 36.7 Å². The van der Waals surface area contributed by atoms with E-state index in [2.05, 4.69) is 20.6 Å². The van der Waals surface area contributed by atoms with Crippen molar-refractivity contribution in [1.82, 2.24) is 15.3 Å². The van der Waals surface area contributed by atoms with Crippen molar-refractivity contribution < 1.29 is 18.0 Å². The second-order valence-corrected chi connectivity index (χ2v) is 6.34. The summed E-state index contributed by atoms with van der Waals surface area (Å²) in [5.74, 6) is 0.549. The Morgan fingerprint density at radius 2 is 1.96 bits per heavy atom. The number of carbonyl (C=O) groups excluding carboxylic acids is 1. The van der Waals surface area contributed by atoms with Crippen LogP contribution >= 0.6 is 0 Å². The van der Waals surface area contributed by atoms with Gasteiger partial charge in [0.1, 0.15) is 12.1 Å². The molecular formula is C18H19F3N4O. The van der Waals surface area contributed by atoms with Gasteiger partial charge in [-0.25, -0.2) is 9.97 Å². The summed E-state index contributed by atoms with van der Waals surface area (Å²) in [6.45, 7) is 0. The third-order valence-electron chi connectivity index (χ3n) is 4.54. The summed E-state index contributed by atoms with van der Waals surface area (Å²) in [6.07, 6.45) is -1.83. The van der Waals surface area contributed by atoms with E-state index in [1.54, 1.807) is 7.05 Å². The van der Waals surface area contributed by atoms with E-state index in [9.17, 15) is 18.0 Å². The summed E-state index contributed by atoms with van der Waals surface area (Å²) < 4.78 is 39.0. The lowest BCUT2D eigenvalue weighted by Gasteiger charge is -2.35. The van der Waals surface area contributed by atoms with Crippen molar-refractivity contribution in [1.29, 1.82) is 0 Å². The lowest BCUT2D eigenvalue weighted by molar-refractivity contribution is -0.138. The van der Waals surface area contributed by atoms with Crippen LogP contribution in [0.3, 0.4) is 0 Å². The first-order chi connectivity index (χ1) is 12.4. The van der Waals surface area contributed by atoms with E-state index in [0.29, 0.717) is 12.8 Å². The van der Waals surface area contributed by atoms with Gasteiger partial charge in [-0.1, -0.05) is 18.2 Å². The summed E-state index contributed by atoms with van der Waals surface area (Å²) >= 11 is 0. The zero-order valence-electron chi connectivity index (χ0n) is 14.2. The molecule has 8 heteroatoms. The fourth-order valence-electron chi connectivity index (χ4n) is 3.11. The third-order valence-corrected chi connectivity index (χ3v) is 4.54. The van der Waals surface area contributed by atoms with Crippen molar-refractivity contribution in [3.05, 3.63) is 53.5 Å². The lowest BCUT2D eigenvalue weighted by Crippen LogP contribution is -2.44. The molecule has 1 saturated carbocycles. The zero-order chi connectivity index (χ0) is 18.7. The summed E-state index contributed by atoms with van der Waals surface area (Å²) in [7, 11) is 1.77. The Morgan fingerprint density at radius 1 is 1.23 bits per heavy atom. The molecule has 2 aromatic rings. The Morgan fingerprint density at radius 3 is 2.65 bits per heavy atom. The highest BCUT2D eigenvalue weighted by Crippen LogP contribution is 2.36. The van der Waals surface area contributed by atoms with Crippen molar-refractivity contribution in [2.24, 2.45) is 0 Å². The summed E-state index contributed by atoms with van der Waals surface area (Å²) in [5.41, 5.74) is 0.127. The standard InChI is InChI=1S/C18H19F3N4O/c1-22-16-9-15(23-10-24-16)12-6-13(7-12)25-17(26)8-11-4-2-3-5-14(11)18(19,20)21/h2-5,9-10,12-13H,6-8H2,1H3,(H,25,26)(H,22,23,24). The smallest absolute Gasteiger partial charge is 0.373 e. The van der Waals surface area contributed by atoms with Crippen molar-refractivity contribution in [2.45, 2.75) is 37.4 Å². The topological polar surface area (TPSA) is 66.9 Å². The maximum atomic E-state index is 13.0. The molecule has 1 fully saturated rings. The molecule has 0 radical (unpaired) electrons. The number of nitrogens with zero attached hydrogens (tertiary/aromatic N) is 2. The maximum absolute atomic E-state index is 13.0. The SMILES string of the molecule is CNc1cc(C2CC(NC(=O)Cc3ccccc3C(F)(F)F)C2)ncn1. The first kappa shape index (κ1) is 18.2. The fourth-order valence-corrected chi connectivity index (χ4v) is 3.11. The number of anilines is 1. The minimum Gasteiger partial charge on any atom is -0.373 e. The van der Waals surface area contributed by atoms with Crippen LogP contribution in [-0.2, 0) is 17.4 Å². The number of aromatic nitrogens is 2. The minimum absolute atomic E-state index is 0.0113. The highest BCUT2D eigenvalue weighted by Gasteiger charge is 2.35. The molecule has 0 spiro atoms. The molecule has 2 N–H and O–H groups in total. The number of rotatable bonds is 5. The molecule has 26 heavy (non-hydrogen) atoms. The summed E-state index contributed by atoms with van der Waals surface area (Å²) in [6, 6.07) is 6.98. The Bertz CT molecular complexity index is 788. The van der Waals surface area contributed by atoms with Gasteiger partial charge >= 0.3 is 6.18 Å². The molecule has 3 rings (SSSR count). The third kappa shape index (κ3) is 4.12. The summed E-state index contributed by atoms with van der Waals surface area (Å²) in [4.78, 5) is 20.4.